The highest BCUT2D eigenvalue weighted by Crippen LogP contribution is 2.45. The van der Waals surface area contributed by atoms with Gasteiger partial charge in [-0.2, -0.15) is 41.3 Å². The summed E-state index contributed by atoms with van der Waals surface area (Å²) in [5, 5.41) is 24.6. The SMILES string of the molecule is C=CS(=O)(=O)CCOCCNc1nc(F)nc(Nc2cc(S(=O)(=O)O)cc3cc(S(=O)(=O)O)c(N=Nc4ccc(S(=O)(=O)C=C)cc4)c(O)c23)n1. The van der Waals surface area contributed by atoms with Gasteiger partial charge in [0.25, 0.3) is 20.2 Å². The minimum absolute atomic E-state index is 0.0354. The number of azo groups is 1. The number of ether oxygens (including phenoxy) is 1. The number of aromatic nitrogens is 3. The minimum Gasteiger partial charge on any atom is -0.505 e. The first kappa shape index (κ1) is 38.8. The van der Waals surface area contributed by atoms with Gasteiger partial charge in [0.1, 0.15) is 10.6 Å². The molecular formula is C27H26FN7O12S4. The van der Waals surface area contributed by atoms with Crippen molar-refractivity contribution >= 4 is 79.6 Å². The summed E-state index contributed by atoms with van der Waals surface area (Å²) in [6.07, 6.45) is -1.34. The second-order valence-electron chi connectivity index (χ2n) is 9.95. The monoisotopic (exact) mass is 787 g/mol. The molecule has 0 saturated heterocycles. The Kier molecular flexibility index (Phi) is 11.5. The number of rotatable bonds is 16. The summed E-state index contributed by atoms with van der Waals surface area (Å²) in [5.41, 5.74) is -1.34. The zero-order valence-corrected chi connectivity index (χ0v) is 29.0. The van der Waals surface area contributed by atoms with Crippen LogP contribution in [-0.4, -0.2) is 88.3 Å². The molecule has 272 valence electrons. The van der Waals surface area contributed by atoms with Crippen LogP contribution in [-0.2, 0) is 44.6 Å². The first-order chi connectivity index (χ1) is 23.7. The van der Waals surface area contributed by atoms with E-state index in [0.29, 0.717) is 6.07 Å². The summed E-state index contributed by atoms with van der Waals surface area (Å²) in [4.78, 5) is 8.83. The lowest BCUT2D eigenvalue weighted by Gasteiger charge is -2.15. The third-order valence-electron chi connectivity index (χ3n) is 6.50. The van der Waals surface area contributed by atoms with Crippen LogP contribution in [0.2, 0.25) is 0 Å². The van der Waals surface area contributed by atoms with Crippen molar-refractivity contribution in [3.63, 3.8) is 0 Å². The largest absolute Gasteiger partial charge is 0.505 e. The van der Waals surface area contributed by atoms with Crippen LogP contribution in [0.15, 0.2) is 91.4 Å². The molecule has 0 radical (unpaired) electrons. The number of hydrogen-bond acceptors (Lipinski definition) is 17. The van der Waals surface area contributed by atoms with E-state index in [-0.39, 0.29) is 42.0 Å². The van der Waals surface area contributed by atoms with Gasteiger partial charge in [0.2, 0.25) is 11.9 Å². The first-order valence-corrected chi connectivity index (χ1v) is 19.9. The number of halogens is 1. The summed E-state index contributed by atoms with van der Waals surface area (Å²) in [6, 6.07) is 6.91. The highest BCUT2D eigenvalue weighted by Gasteiger charge is 2.26. The fourth-order valence-corrected chi connectivity index (χ4v) is 6.53. The number of fused-ring (bicyclic) bond motifs is 1. The summed E-state index contributed by atoms with van der Waals surface area (Å²) in [5.74, 6) is -2.30. The molecule has 4 rings (SSSR count). The van der Waals surface area contributed by atoms with Gasteiger partial charge < -0.3 is 20.5 Å². The molecule has 5 N–H and O–H groups in total. The van der Waals surface area contributed by atoms with Gasteiger partial charge in [-0.3, -0.25) is 9.11 Å². The lowest BCUT2D eigenvalue weighted by Crippen LogP contribution is -2.16. The van der Waals surface area contributed by atoms with Gasteiger partial charge in [-0.25, -0.2) is 16.8 Å². The van der Waals surface area contributed by atoms with Gasteiger partial charge >= 0.3 is 6.08 Å². The Morgan fingerprint density at radius 1 is 0.824 bits per heavy atom. The summed E-state index contributed by atoms with van der Waals surface area (Å²) < 4.78 is 135. The maximum absolute atomic E-state index is 14.4. The Morgan fingerprint density at radius 2 is 1.49 bits per heavy atom. The fourth-order valence-electron chi connectivity index (χ4n) is 4.11. The minimum atomic E-state index is -5.21. The zero-order valence-electron chi connectivity index (χ0n) is 25.7. The van der Waals surface area contributed by atoms with Gasteiger partial charge in [0.15, 0.2) is 25.4 Å². The van der Waals surface area contributed by atoms with Crippen LogP contribution >= 0.6 is 0 Å². The second-order valence-corrected chi connectivity index (χ2v) is 16.7. The number of nitrogens with zero attached hydrogens (tertiary/aromatic N) is 5. The number of hydrogen-bond donors (Lipinski definition) is 5. The van der Waals surface area contributed by atoms with E-state index in [9.17, 15) is 52.3 Å². The molecule has 51 heavy (non-hydrogen) atoms. The molecular weight excluding hydrogens is 762 g/mol. The van der Waals surface area contributed by atoms with Crippen LogP contribution in [0.25, 0.3) is 10.8 Å². The molecule has 1 heterocycles. The third-order valence-corrected chi connectivity index (χ3v) is 10.8. The average molecular weight is 788 g/mol. The van der Waals surface area contributed by atoms with Crippen LogP contribution in [0.5, 0.6) is 5.75 Å². The molecule has 0 amide bonds. The van der Waals surface area contributed by atoms with Crippen LogP contribution in [0.1, 0.15) is 0 Å². The molecule has 24 heteroatoms. The fraction of sp³-hybridized carbons (Fsp3) is 0.148. The van der Waals surface area contributed by atoms with Crippen molar-refractivity contribution < 1.29 is 57.0 Å². The Labute approximate surface area is 290 Å². The molecule has 1 aromatic heterocycles. The number of benzene rings is 3. The quantitative estimate of drug-likeness (QED) is 0.0617. The van der Waals surface area contributed by atoms with E-state index < -0.39 is 89.6 Å². The molecule has 0 aliphatic heterocycles. The van der Waals surface area contributed by atoms with E-state index in [4.69, 9.17) is 4.74 Å². The van der Waals surface area contributed by atoms with Gasteiger partial charge in [-0.15, -0.1) is 5.11 Å². The topological polar surface area (TPSA) is 294 Å². The number of phenols is 1. The lowest BCUT2D eigenvalue weighted by atomic mass is 10.1. The third kappa shape index (κ3) is 9.84. The molecule has 0 atom stereocenters. The maximum Gasteiger partial charge on any atom is 0.315 e. The Morgan fingerprint density at radius 3 is 2.10 bits per heavy atom. The van der Waals surface area contributed by atoms with Crippen molar-refractivity contribution in [3.05, 3.63) is 72.5 Å². The molecule has 0 aliphatic carbocycles. The molecule has 0 fully saturated rings. The summed E-state index contributed by atoms with van der Waals surface area (Å²) in [7, 11) is -17.5. The Bertz CT molecular complexity index is 2500. The molecule has 4 aromatic rings. The molecule has 19 nitrogen and oxygen atoms in total. The van der Waals surface area contributed by atoms with E-state index in [1.165, 1.54) is 12.1 Å². The molecule has 0 aliphatic rings. The van der Waals surface area contributed by atoms with Crippen LogP contribution in [0.3, 0.4) is 0 Å². The second kappa shape index (κ2) is 15.1. The normalized spacial score (nSPS) is 12.6. The maximum atomic E-state index is 14.4. The lowest BCUT2D eigenvalue weighted by molar-refractivity contribution is 0.159. The summed E-state index contributed by atoms with van der Waals surface area (Å²) >= 11 is 0. The van der Waals surface area contributed by atoms with E-state index in [1.807, 2.05) is 0 Å². The smallest absolute Gasteiger partial charge is 0.315 e. The number of nitrogens with one attached hydrogen (secondary N) is 2. The van der Waals surface area contributed by atoms with E-state index in [1.54, 1.807) is 0 Å². The van der Waals surface area contributed by atoms with E-state index >= 15 is 0 Å². The van der Waals surface area contributed by atoms with Crippen molar-refractivity contribution in [3.8, 4) is 5.75 Å². The van der Waals surface area contributed by atoms with E-state index in [2.05, 4.69) is 49.0 Å². The highest BCUT2D eigenvalue weighted by molar-refractivity contribution is 7.94. The number of sulfone groups is 2. The van der Waals surface area contributed by atoms with Crippen LogP contribution < -0.4 is 10.6 Å². The molecule has 0 saturated carbocycles. The number of phenolic OH excluding ortho intramolecular Hbond substituents is 1. The predicted octanol–water partition coefficient (Wildman–Crippen LogP) is 3.43. The standard InChI is InChI=1S/C27H26FN7O12S4/c1-3-48(37,38)12-11-47-10-9-29-26-31-25(28)32-27(33-26)30-20-15-19(50(41,42)43)13-16-14-21(51(44,45)46)23(24(36)22(16)20)35-34-17-5-7-18(8-6-17)49(39,40)4-2/h3-8,13-15,36H,1-2,9-12H2,(H,41,42,43)(H,44,45,46)(H2,29,30,31,32,33). The summed E-state index contributed by atoms with van der Waals surface area (Å²) in [6.45, 7) is 6.13. The van der Waals surface area contributed by atoms with Crippen LogP contribution in [0.4, 0.5) is 33.3 Å². The average Bonchev–Trinajstić information content (AvgIpc) is 3.04. The van der Waals surface area contributed by atoms with Crippen molar-refractivity contribution in [1.29, 1.82) is 0 Å². The van der Waals surface area contributed by atoms with Gasteiger partial charge in [0, 0.05) is 22.7 Å². The first-order valence-electron chi connectivity index (χ1n) is 13.8. The van der Waals surface area contributed by atoms with Crippen molar-refractivity contribution in [1.82, 2.24) is 15.0 Å². The molecule has 0 spiro atoms. The zero-order chi connectivity index (χ0) is 37.8. The molecule has 3 aromatic carbocycles. The highest BCUT2D eigenvalue weighted by atomic mass is 32.2. The molecule has 0 bridgehead atoms. The van der Waals surface area contributed by atoms with E-state index in [0.717, 1.165) is 35.1 Å². The Hall–Kier alpha value is -4.98. The van der Waals surface area contributed by atoms with Crippen molar-refractivity contribution in [2.45, 2.75) is 14.7 Å². The molecule has 0 unspecified atom stereocenters. The van der Waals surface area contributed by atoms with Gasteiger partial charge in [-0.1, -0.05) is 13.2 Å². The number of aromatic hydroxyl groups is 1. The van der Waals surface area contributed by atoms with Crippen molar-refractivity contribution in [2.24, 2.45) is 10.2 Å². The number of anilines is 3. The van der Waals surface area contributed by atoms with Crippen molar-refractivity contribution in [2.75, 3.05) is 36.1 Å². The van der Waals surface area contributed by atoms with Crippen LogP contribution in [0, 0.1) is 6.08 Å². The van der Waals surface area contributed by atoms with Gasteiger partial charge in [0.05, 0.1) is 40.1 Å². The Balaban J connectivity index is 1.76. The predicted molar refractivity (Wildman–Crippen MR) is 180 cm³/mol. The van der Waals surface area contributed by atoms with Gasteiger partial charge in [-0.05, 0) is 47.9 Å².